The number of halogens is 2. The van der Waals surface area contributed by atoms with Gasteiger partial charge >= 0.3 is 0 Å². The maximum Gasteiger partial charge on any atom is 0.240 e. The molecule has 0 unspecified atom stereocenters. The van der Waals surface area contributed by atoms with Crippen molar-refractivity contribution in [3.05, 3.63) is 49.9 Å². The number of benzene rings is 1. The van der Waals surface area contributed by atoms with Gasteiger partial charge in [-0.05, 0) is 46.6 Å². The number of rotatable bonds is 5. The summed E-state index contributed by atoms with van der Waals surface area (Å²) in [7, 11) is -3.76. The van der Waals surface area contributed by atoms with Crippen LogP contribution in [-0.4, -0.2) is 13.5 Å². The summed E-state index contributed by atoms with van der Waals surface area (Å²) in [5.41, 5.74) is 0.148. The summed E-state index contributed by atoms with van der Waals surface area (Å²) >= 11 is 4.72. The predicted molar refractivity (Wildman–Crippen MR) is 83.1 cm³/mol. The van der Waals surface area contributed by atoms with Crippen LogP contribution in [0.25, 0.3) is 0 Å². The van der Waals surface area contributed by atoms with Crippen molar-refractivity contribution in [3.63, 3.8) is 0 Å². The Morgan fingerprint density at radius 1 is 1.38 bits per heavy atom. The Balaban J connectivity index is 2.25. The minimum Gasteiger partial charge on any atom is -0.392 e. The van der Waals surface area contributed by atoms with Crippen LogP contribution in [0.5, 0.6) is 0 Å². The Morgan fingerprint density at radius 2 is 2.10 bits per heavy atom. The molecule has 0 amide bonds. The lowest BCUT2D eigenvalue weighted by Crippen LogP contribution is -2.23. The van der Waals surface area contributed by atoms with Gasteiger partial charge in [0.05, 0.1) is 11.5 Å². The normalized spacial score (nSPS) is 11.8. The van der Waals surface area contributed by atoms with E-state index < -0.39 is 22.4 Å². The molecule has 0 radical (unpaired) electrons. The van der Waals surface area contributed by atoms with Crippen LogP contribution in [0.15, 0.2) is 32.9 Å². The molecule has 0 saturated carbocycles. The van der Waals surface area contributed by atoms with Crippen molar-refractivity contribution in [1.29, 1.82) is 0 Å². The van der Waals surface area contributed by atoms with Gasteiger partial charge in [0, 0.05) is 26.8 Å². The van der Waals surface area contributed by atoms with Crippen molar-refractivity contribution in [1.82, 2.24) is 4.72 Å². The highest BCUT2D eigenvalue weighted by atomic mass is 79.9. The second-order valence-electron chi connectivity index (χ2n) is 4.43. The van der Waals surface area contributed by atoms with Gasteiger partial charge in [0.2, 0.25) is 10.0 Å². The van der Waals surface area contributed by atoms with E-state index in [1.54, 1.807) is 0 Å². The maximum atomic E-state index is 13.6. The summed E-state index contributed by atoms with van der Waals surface area (Å²) in [6.45, 7) is 1.07. The van der Waals surface area contributed by atoms with Crippen LogP contribution in [0, 0.1) is 12.7 Å². The summed E-state index contributed by atoms with van der Waals surface area (Å²) in [6.07, 6.45) is 0. The first-order valence-corrected chi connectivity index (χ1v) is 9.11. The Bertz CT molecular complexity index is 759. The van der Waals surface area contributed by atoms with Gasteiger partial charge in [-0.15, -0.1) is 11.3 Å². The highest BCUT2D eigenvalue weighted by Gasteiger charge is 2.18. The molecule has 0 spiro atoms. The van der Waals surface area contributed by atoms with E-state index in [1.807, 2.05) is 11.4 Å². The van der Waals surface area contributed by atoms with Crippen LogP contribution in [-0.2, 0) is 23.2 Å². The third-order valence-electron chi connectivity index (χ3n) is 2.84. The molecular formula is C13H13BrFNO3S2. The smallest absolute Gasteiger partial charge is 0.240 e. The van der Waals surface area contributed by atoms with E-state index in [0.29, 0.717) is 0 Å². The van der Waals surface area contributed by atoms with E-state index in [2.05, 4.69) is 20.7 Å². The maximum absolute atomic E-state index is 13.6. The molecule has 0 aliphatic rings. The van der Waals surface area contributed by atoms with Crippen molar-refractivity contribution in [3.8, 4) is 0 Å². The molecule has 0 aliphatic heterocycles. The molecule has 0 fully saturated rings. The molecule has 0 atom stereocenters. The first kappa shape index (κ1) is 16.6. The van der Waals surface area contributed by atoms with Crippen LogP contribution < -0.4 is 4.72 Å². The lowest BCUT2D eigenvalue weighted by Gasteiger charge is -2.10. The van der Waals surface area contributed by atoms with Gasteiger partial charge in [0.15, 0.2) is 0 Å². The summed E-state index contributed by atoms with van der Waals surface area (Å²) < 4.78 is 41.4. The van der Waals surface area contributed by atoms with Crippen molar-refractivity contribution in [2.24, 2.45) is 0 Å². The summed E-state index contributed by atoms with van der Waals surface area (Å²) in [5.74, 6) is -0.585. The fourth-order valence-corrected chi connectivity index (χ4v) is 4.40. The number of sulfonamides is 1. The molecule has 1 aromatic carbocycles. The van der Waals surface area contributed by atoms with Crippen molar-refractivity contribution < 1.29 is 17.9 Å². The average molecular weight is 394 g/mol. The number of aryl methyl sites for hydroxylation is 1. The molecule has 2 N–H and O–H groups in total. The molecule has 0 aliphatic carbocycles. The van der Waals surface area contributed by atoms with E-state index in [0.717, 1.165) is 15.4 Å². The van der Waals surface area contributed by atoms with Gasteiger partial charge in [-0.2, -0.15) is 0 Å². The van der Waals surface area contributed by atoms with Gasteiger partial charge < -0.3 is 5.11 Å². The van der Waals surface area contributed by atoms with Gasteiger partial charge in [-0.3, -0.25) is 0 Å². The van der Waals surface area contributed by atoms with Crippen LogP contribution in [0.2, 0.25) is 0 Å². The minimum absolute atomic E-state index is 0.0331. The highest BCUT2D eigenvalue weighted by Crippen LogP contribution is 2.22. The topological polar surface area (TPSA) is 66.4 Å². The highest BCUT2D eigenvalue weighted by molar-refractivity contribution is 9.10. The second-order valence-corrected chi connectivity index (χ2v) is 8.11. The van der Waals surface area contributed by atoms with Crippen LogP contribution in [0.4, 0.5) is 4.39 Å². The Labute approximate surface area is 134 Å². The fraction of sp³-hybridized carbons (Fsp3) is 0.231. The molecule has 2 rings (SSSR count). The lowest BCUT2D eigenvalue weighted by molar-refractivity contribution is 0.275. The molecular weight excluding hydrogens is 381 g/mol. The molecule has 1 heterocycles. The average Bonchev–Trinajstić information content (AvgIpc) is 2.85. The summed E-state index contributed by atoms with van der Waals surface area (Å²) in [4.78, 5) is 0.799. The quantitative estimate of drug-likeness (QED) is 0.820. The molecule has 4 nitrogen and oxygen atoms in total. The predicted octanol–water partition coefficient (Wildman–Crippen LogP) is 2.93. The Morgan fingerprint density at radius 3 is 2.67 bits per heavy atom. The standard InChI is InChI=1S/C13H13BrFNO3S2/c1-8-2-12(3-9(6-17)13(8)15)21(18,19)16-5-11-4-10(14)7-20-11/h2-4,7,16-17H,5-6H2,1H3. The monoisotopic (exact) mass is 393 g/mol. The van der Waals surface area contributed by atoms with E-state index >= 15 is 0 Å². The van der Waals surface area contributed by atoms with Gasteiger partial charge in [-0.1, -0.05) is 0 Å². The van der Waals surface area contributed by atoms with Crippen molar-refractivity contribution >= 4 is 37.3 Å². The number of aliphatic hydroxyl groups is 1. The van der Waals surface area contributed by atoms with E-state index in [4.69, 9.17) is 5.11 Å². The molecule has 0 bridgehead atoms. The number of hydrogen-bond donors (Lipinski definition) is 2. The first-order chi connectivity index (χ1) is 9.83. The van der Waals surface area contributed by atoms with Crippen LogP contribution in [0.3, 0.4) is 0 Å². The van der Waals surface area contributed by atoms with Crippen LogP contribution >= 0.6 is 27.3 Å². The summed E-state index contributed by atoms with van der Waals surface area (Å²) in [6, 6.07) is 4.22. The molecule has 1 aromatic heterocycles. The number of hydrogen-bond acceptors (Lipinski definition) is 4. The second kappa shape index (κ2) is 6.53. The zero-order valence-corrected chi connectivity index (χ0v) is 14.3. The van der Waals surface area contributed by atoms with Crippen molar-refractivity contribution in [2.75, 3.05) is 0 Å². The van der Waals surface area contributed by atoms with E-state index in [9.17, 15) is 12.8 Å². The molecule has 0 saturated heterocycles. The van der Waals surface area contributed by atoms with Gasteiger partial charge in [-0.25, -0.2) is 17.5 Å². The van der Waals surface area contributed by atoms with Crippen LogP contribution in [0.1, 0.15) is 16.0 Å². The zero-order chi connectivity index (χ0) is 15.6. The molecule has 114 valence electrons. The zero-order valence-electron chi connectivity index (χ0n) is 11.1. The van der Waals surface area contributed by atoms with Crippen molar-refractivity contribution in [2.45, 2.75) is 25.0 Å². The Kier molecular flexibility index (Phi) is 5.15. The molecule has 21 heavy (non-hydrogen) atoms. The molecule has 2 aromatic rings. The van der Waals surface area contributed by atoms with Gasteiger partial charge in [0.1, 0.15) is 5.82 Å². The summed E-state index contributed by atoms with van der Waals surface area (Å²) in [5, 5.41) is 10.9. The number of aliphatic hydroxyl groups excluding tert-OH is 1. The van der Waals surface area contributed by atoms with E-state index in [-0.39, 0.29) is 22.6 Å². The first-order valence-electron chi connectivity index (χ1n) is 5.96. The lowest BCUT2D eigenvalue weighted by atomic mass is 10.1. The third kappa shape index (κ3) is 3.89. The van der Waals surface area contributed by atoms with Gasteiger partial charge in [0.25, 0.3) is 0 Å². The number of thiophene rings is 1. The number of nitrogens with one attached hydrogen (secondary N) is 1. The third-order valence-corrected chi connectivity index (χ3v) is 5.92. The van der Waals surface area contributed by atoms with E-state index in [1.165, 1.54) is 24.3 Å². The fourth-order valence-electron chi connectivity index (χ4n) is 1.77. The minimum atomic E-state index is -3.76. The largest absolute Gasteiger partial charge is 0.392 e. The molecule has 8 heteroatoms. The SMILES string of the molecule is Cc1cc(S(=O)(=O)NCc2cc(Br)cs2)cc(CO)c1F. The Hall–Kier alpha value is -0.800.